The maximum atomic E-state index is 11.5. The van der Waals surface area contributed by atoms with Crippen LogP contribution in [-0.2, 0) is 0 Å². The van der Waals surface area contributed by atoms with E-state index in [1.165, 1.54) is 18.3 Å². The van der Waals surface area contributed by atoms with Gasteiger partial charge in [-0.1, -0.05) is 12.1 Å². The average Bonchev–Trinajstić information content (AvgIpc) is 2.78. The first kappa shape index (κ1) is 12.4. The molecule has 2 rings (SSSR count). The molecule has 6 heteroatoms. The van der Waals surface area contributed by atoms with Gasteiger partial charge in [-0.2, -0.15) is 5.10 Å². The van der Waals surface area contributed by atoms with Gasteiger partial charge in [0, 0.05) is 5.56 Å². The van der Waals surface area contributed by atoms with Gasteiger partial charge in [-0.15, -0.1) is 0 Å². The maximum absolute atomic E-state index is 11.5. The number of hydrogen-bond acceptors (Lipinski definition) is 4. The van der Waals surface area contributed by atoms with Crippen molar-refractivity contribution in [3.05, 3.63) is 52.4 Å². The number of carbonyl (C=O) groups is 1. The van der Waals surface area contributed by atoms with Gasteiger partial charge in [-0.3, -0.25) is 4.79 Å². The number of phenolic OH excluding ortho intramolecular Hbond substituents is 1. The first-order chi connectivity index (χ1) is 8.66. The number of carbonyl (C=O) groups excluding carboxylic acids is 1. The Morgan fingerprint density at radius 1 is 1.33 bits per heavy atom. The molecule has 1 amide bonds. The zero-order valence-corrected chi connectivity index (χ0v) is 10.7. The second-order valence-corrected chi connectivity index (χ2v) is 4.14. The highest BCUT2D eigenvalue weighted by atomic mass is 79.9. The number of nitrogens with zero attached hydrogens (tertiary/aromatic N) is 1. The van der Waals surface area contributed by atoms with Crippen LogP contribution in [0.4, 0.5) is 0 Å². The van der Waals surface area contributed by atoms with Gasteiger partial charge in [0.25, 0.3) is 0 Å². The van der Waals surface area contributed by atoms with E-state index in [4.69, 9.17) is 4.42 Å². The number of aromatic hydroxyl groups is 1. The molecule has 1 heterocycles. The molecular formula is C12H9BrN2O3. The van der Waals surface area contributed by atoms with E-state index in [1.807, 2.05) is 0 Å². The summed E-state index contributed by atoms with van der Waals surface area (Å²) in [4.78, 5) is 11.5. The Hall–Kier alpha value is -2.08. The summed E-state index contributed by atoms with van der Waals surface area (Å²) in [5, 5.41) is 13.2. The normalized spacial score (nSPS) is 10.7. The molecule has 92 valence electrons. The second kappa shape index (κ2) is 5.50. The third-order valence-corrected chi connectivity index (χ3v) is 2.53. The van der Waals surface area contributed by atoms with Crippen LogP contribution < -0.4 is 5.43 Å². The lowest BCUT2D eigenvalue weighted by Gasteiger charge is -1.97. The summed E-state index contributed by atoms with van der Waals surface area (Å²) in [5.41, 5.74) is 2.81. The molecule has 0 atom stereocenters. The third kappa shape index (κ3) is 2.98. The minimum atomic E-state index is -0.465. The Morgan fingerprint density at radius 3 is 2.78 bits per heavy atom. The average molecular weight is 309 g/mol. The zero-order chi connectivity index (χ0) is 13.0. The Kier molecular flexibility index (Phi) is 3.78. The number of hydrogen-bond donors (Lipinski definition) is 2. The molecule has 2 N–H and O–H groups in total. The molecule has 18 heavy (non-hydrogen) atoms. The second-order valence-electron chi connectivity index (χ2n) is 3.36. The van der Waals surface area contributed by atoms with E-state index >= 15 is 0 Å². The van der Waals surface area contributed by atoms with Crippen molar-refractivity contribution in [1.82, 2.24) is 5.43 Å². The molecule has 1 aromatic carbocycles. The molecule has 0 aliphatic rings. The van der Waals surface area contributed by atoms with Gasteiger partial charge in [-0.05, 0) is 40.2 Å². The Labute approximate surface area is 111 Å². The number of halogens is 1. The lowest BCUT2D eigenvalue weighted by molar-refractivity contribution is 0.0926. The van der Waals surface area contributed by atoms with Gasteiger partial charge in [0.05, 0.1) is 6.21 Å². The van der Waals surface area contributed by atoms with Gasteiger partial charge in [0.1, 0.15) is 5.75 Å². The summed E-state index contributed by atoms with van der Waals surface area (Å²) in [6, 6.07) is 9.80. The van der Waals surface area contributed by atoms with Gasteiger partial charge in [0.15, 0.2) is 10.4 Å². The number of para-hydroxylation sites is 1. The number of phenols is 1. The maximum Gasteiger partial charge on any atom is 0.307 e. The molecule has 0 radical (unpaired) electrons. The summed E-state index contributed by atoms with van der Waals surface area (Å²) in [6.45, 7) is 0. The van der Waals surface area contributed by atoms with Crippen LogP contribution in [0.2, 0.25) is 0 Å². The Morgan fingerprint density at radius 2 is 2.11 bits per heavy atom. The van der Waals surface area contributed by atoms with E-state index in [0.29, 0.717) is 10.2 Å². The molecule has 0 saturated carbocycles. The van der Waals surface area contributed by atoms with Crippen molar-refractivity contribution in [3.8, 4) is 5.75 Å². The van der Waals surface area contributed by atoms with Crippen molar-refractivity contribution in [2.45, 2.75) is 0 Å². The molecule has 5 nitrogen and oxygen atoms in total. The van der Waals surface area contributed by atoms with Crippen molar-refractivity contribution in [2.24, 2.45) is 5.10 Å². The van der Waals surface area contributed by atoms with E-state index in [1.54, 1.807) is 24.3 Å². The predicted molar refractivity (Wildman–Crippen MR) is 69.6 cm³/mol. The van der Waals surface area contributed by atoms with Crippen molar-refractivity contribution >= 4 is 28.1 Å². The van der Waals surface area contributed by atoms with Gasteiger partial charge in [-0.25, -0.2) is 5.43 Å². The third-order valence-electron chi connectivity index (χ3n) is 2.10. The fourth-order valence-corrected chi connectivity index (χ4v) is 1.56. The number of hydrazone groups is 1. The fraction of sp³-hybridized carbons (Fsp3) is 0. The van der Waals surface area contributed by atoms with Gasteiger partial charge in [0.2, 0.25) is 0 Å². The van der Waals surface area contributed by atoms with Crippen molar-refractivity contribution in [1.29, 1.82) is 0 Å². The van der Waals surface area contributed by atoms with E-state index in [-0.39, 0.29) is 11.5 Å². The number of benzene rings is 1. The lowest BCUT2D eigenvalue weighted by Crippen LogP contribution is -2.16. The van der Waals surface area contributed by atoms with E-state index in [9.17, 15) is 9.90 Å². The largest absolute Gasteiger partial charge is 0.507 e. The standard InChI is InChI=1S/C12H9BrN2O3/c13-11-6-5-10(18-11)12(17)15-14-7-8-3-1-2-4-9(8)16/h1-7,16H,(H,15,17). The SMILES string of the molecule is O=C(NN=Cc1ccccc1O)c1ccc(Br)o1. The number of nitrogens with one attached hydrogen (secondary N) is 1. The van der Waals surface area contributed by atoms with E-state index < -0.39 is 5.91 Å². The molecule has 0 fully saturated rings. The van der Waals surface area contributed by atoms with Crippen LogP contribution in [0.3, 0.4) is 0 Å². The number of amides is 1. The summed E-state index contributed by atoms with van der Waals surface area (Å²) in [5.74, 6) is -0.222. The highest BCUT2D eigenvalue weighted by Crippen LogP contribution is 2.14. The molecule has 0 spiro atoms. The molecule has 0 bridgehead atoms. The molecule has 0 aliphatic heterocycles. The van der Waals surface area contributed by atoms with Crippen molar-refractivity contribution in [3.63, 3.8) is 0 Å². The lowest BCUT2D eigenvalue weighted by atomic mass is 10.2. The van der Waals surface area contributed by atoms with Crippen molar-refractivity contribution < 1.29 is 14.3 Å². The molecule has 0 aliphatic carbocycles. The Balaban J connectivity index is 2.00. The summed E-state index contributed by atoms with van der Waals surface area (Å²) >= 11 is 3.10. The Bertz CT molecular complexity index is 593. The molecule has 0 saturated heterocycles. The topological polar surface area (TPSA) is 74.8 Å². The zero-order valence-electron chi connectivity index (χ0n) is 9.13. The van der Waals surface area contributed by atoms with Gasteiger partial charge >= 0.3 is 5.91 Å². The monoisotopic (exact) mass is 308 g/mol. The molecule has 1 aromatic heterocycles. The highest BCUT2D eigenvalue weighted by molar-refractivity contribution is 9.10. The van der Waals surface area contributed by atoms with Crippen LogP contribution >= 0.6 is 15.9 Å². The summed E-state index contributed by atoms with van der Waals surface area (Å²) in [7, 11) is 0. The fourth-order valence-electron chi connectivity index (χ4n) is 1.25. The number of furan rings is 1. The minimum absolute atomic E-state index is 0.0937. The summed E-state index contributed by atoms with van der Waals surface area (Å²) < 4.78 is 5.52. The highest BCUT2D eigenvalue weighted by Gasteiger charge is 2.08. The van der Waals surface area contributed by atoms with E-state index in [0.717, 1.165) is 0 Å². The number of rotatable bonds is 3. The van der Waals surface area contributed by atoms with Crippen LogP contribution in [0.5, 0.6) is 5.75 Å². The van der Waals surface area contributed by atoms with E-state index in [2.05, 4.69) is 26.5 Å². The minimum Gasteiger partial charge on any atom is -0.507 e. The molecule has 2 aromatic rings. The van der Waals surface area contributed by atoms with Crippen LogP contribution in [0.25, 0.3) is 0 Å². The first-order valence-electron chi connectivity index (χ1n) is 5.03. The summed E-state index contributed by atoms with van der Waals surface area (Å²) in [6.07, 6.45) is 1.35. The van der Waals surface area contributed by atoms with Crippen LogP contribution in [-0.4, -0.2) is 17.2 Å². The quantitative estimate of drug-likeness (QED) is 0.676. The van der Waals surface area contributed by atoms with Crippen LogP contribution in [0, 0.1) is 0 Å². The van der Waals surface area contributed by atoms with Gasteiger partial charge < -0.3 is 9.52 Å². The van der Waals surface area contributed by atoms with Crippen LogP contribution in [0.15, 0.2) is 50.6 Å². The molecule has 0 unspecified atom stereocenters. The first-order valence-corrected chi connectivity index (χ1v) is 5.83. The molecular weight excluding hydrogens is 300 g/mol. The van der Waals surface area contributed by atoms with Crippen LogP contribution in [0.1, 0.15) is 16.1 Å². The smallest absolute Gasteiger partial charge is 0.307 e. The van der Waals surface area contributed by atoms with Crippen molar-refractivity contribution in [2.75, 3.05) is 0 Å². The predicted octanol–water partition coefficient (Wildman–Crippen LogP) is 2.51.